The fraction of sp³-hybridized carbons (Fsp3) is 0.444. The van der Waals surface area contributed by atoms with E-state index in [0.29, 0.717) is 5.56 Å². The Labute approximate surface area is 151 Å². The molecule has 26 heavy (non-hydrogen) atoms. The second-order valence-corrected chi connectivity index (χ2v) is 5.77. The van der Waals surface area contributed by atoms with Crippen LogP contribution in [0.1, 0.15) is 26.3 Å². The summed E-state index contributed by atoms with van der Waals surface area (Å²) in [6, 6.07) is 4.36. The summed E-state index contributed by atoms with van der Waals surface area (Å²) in [6.45, 7) is 2.64. The van der Waals surface area contributed by atoms with Gasteiger partial charge in [-0.2, -0.15) is 8.78 Å². The van der Waals surface area contributed by atoms with E-state index in [1.807, 2.05) is 13.8 Å². The molecule has 8 heteroatoms. The van der Waals surface area contributed by atoms with E-state index in [1.165, 1.54) is 42.3 Å². The van der Waals surface area contributed by atoms with E-state index in [2.05, 4.69) is 10.1 Å². The molecule has 0 aliphatic rings. The maximum Gasteiger partial charge on any atom is 0.387 e. The van der Waals surface area contributed by atoms with Crippen LogP contribution in [-0.2, 0) is 9.59 Å². The van der Waals surface area contributed by atoms with Gasteiger partial charge in [-0.3, -0.25) is 9.59 Å². The normalized spacial score (nSPS) is 11.1. The fourth-order valence-corrected chi connectivity index (χ4v) is 2.05. The van der Waals surface area contributed by atoms with E-state index in [4.69, 9.17) is 4.74 Å². The van der Waals surface area contributed by atoms with Crippen molar-refractivity contribution in [1.82, 2.24) is 10.2 Å². The number of alkyl halides is 2. The van der Waals surface area contributed by atoms with E-state index in [1.54, 1.807) is 6.92 Å². The van der Waals surface area contributed by atoms with Crippen LogP contribution in [0.5, 0.6) is 11.5 Å². The predicted octanol–water partition coefficient (Wildman–Crippen LogP) is 2.68. The van der Waals surface area contributed by atoms with Gasteiger partial charge >= 0.3 is 6.61 Å². The van der Waals surface area contributed by atoms with Gasteiger partial charge in [0.25, 0.3) is 0 Å². The van der Waals surface area contributed by atoms with Gasteiger partial charge in [0, 0.05) is 19.2 Å². The summed E-state index contributed by atoms with van der Waals surface area (Å²) in [5, 5.41) is 2.70. The summed E-state index contributed by atoms with van der Waals surface area (Å²) in [5.74, 6) is -0.536. The quantitative estimate of drug-likeness (QED) is 0.679. The Hall–Kier alpha value is -2.64. The zero-order chi connectivity index (χ0) is 19.7. The third kappa shape index (κ3) is 7.50. The molecule has 1 N–H and O–H groups in total. The number of carbonyl (C=O) groups excluding carboxylic acids is 2. The molecule has 2 amide bonds. The average Bonchev–Trinajstić information content (AvgIpc) is 2.53. The van der Waals surface area contributed by atoms with Crippen LogP contribution in [-0.4, -0.2) is 49.6 Å². The lowest BCUT2D eigenvalue weighted by Crippen LogP contribution is -2.40. The molecule has 6 nitrogen and oxygen atoms in total. The van der Waals surface area contributed by atoms with Crippen LogP contribution in [0.3, 0.4) is 0 Å². The first-order valence-corrected chi connectivity index (χ1v) is 8.17. The number of halogens is 2. The van der Waals surface area contributed by atoms with Crippen molar-refractivity contribution < 1.29 is 27.8 Å². The number of rotatable bonds is 9. The standard InChI is InChI=1S/C18H24F2N2O4/c1-5-25-15-10-13(6-8-14(15)26-18(19)20)7-9-17(24)22(4)11-16(23)21-12(2)3/h6-10,12,18H,5,11H2,1-4H3,(H,21,23)/b9-7+. The highest BCUT2D eigenvalue weighted by molar-refractivity contribution is 5.94. The number of nitrogens with one attached hydrogen (secondary N) is 1. The fourth-order valence-electron chi connectivity index (χ4n) is 2.05. The molecule has 1 aromatic rings. The lowest BCUT2D eigenvalue weighted by Gasteiger charge is -2.16. The Morgan fingerprint density at radius 2 is 1.96 bits per heavy atom. The molecule has 0 aromatic heterocycles. The smallest absolute Gasteiger partial charge is 0.387 e. The first kappa shape index (κ1) is 21.4. The molecule has 0 saturated carbocycles. The summed E-state index contributed by atoms with van der Waals surface area (Å²) in [6.07, 6.45) is 2.80. The van der Waals surface area contributed by atoms with Crippen LogP contribution in [0.2, 0.25) is 0 Å². The molecule has 0 spiro atoms. The molecule has 0 fully saturated rings. The van der Waals surface area contributed by atoms with Crippen molar-refractivity contribution in [3.05, 3.63) is 29.8 Å². The Morgan fingerprint density at radius 1 is 1.27 bits per heavy atom. The van der Waals surface area contributed by atoms with Crippen molar-refractivity contribution in [2.24, 2.45) is 0 Å². The number of hydrogen-bond acceptors (Lipinski definition) is 4. The van der Waals surface area contributed by atoms with Gasteiger partial charge in [-0.25, -0.2) is 0 Å². The van der Waals surface area contributed by atoms with E-state index in [9.17, 15) is 18.4 Å². The molecule has 0 heterocycles. The summed E-state index contributed by atoms with van der Waals surface area (Å²) < 4.78 is 34.5. The number of benzene rings is 1. The van der Waals surface area contributed by atoms with Crippen LogP contribution in [0.4, 0.5) is 8.78 Å². The van der Waals surface area contributed by atoms with Gasteiger partial charge in [-0.15, -0.1) is 0 Å². The lowest BCUT2D eigenvalue weighted by molar-refractivity contribution is -0.131. The Bertz CT molecular complexity index is 648. The molecule has 144 valence electrons. The number of likely N-dealkylation sites (N-methyl/N-ethyl adjacent to an activating group) is 1. The third-order valence-electron chi connectivity index (χ3n) is 3.11. The largest absolute Gasteiger partial charge is 0.490 e. The van der Waals surface area contributed by atoms with Crippen LogP contribution >= 0.6 is 0 Å². The maximum atomic E-state index is 12.4. The molecule has 0 aliphatic carbocycles. The summed E-state index contributed by atoms with van der Waals surface area (Å²) in [4.78, 5) is 25.0. The van der Waals surface area contributed by atoms with E-state index >= 15 is 0 Å². The summed E-state index contributed by atoms with van der Waals surface area (Å²) in [5.41, 5.74) is 0.573. The minimum absolute atomic E-state index is 0.00694. The van der Waals surface area contributed by atoms with Crippen molar-refractivity contribution in [3.63, 3.8) is 0 Å². The van der Waals surface area contributed by atoms with Crippen molar-refractivity contribution in [1.29, 1.82) is 0 Å². The number of amides is 2. The number of ether oxygens (including phenoxy) is 2. The van der Waals surface area contributed by atoms with Gasteiger partial charge in [0.15, 0.2) is 11.5 Å². The number of nitrogens with zero attached hydrogens (tertiary/aromatic N) is 1. The van der Waals surface area contributed by atoms with Crippen molar-refractivity contribution >= 4 is 17.9 Å². The Morgan fingerprint density at radius 3 is 2.54 bits per heavy atom. The molecule has 1 rings (SSSR count). The molecule has 0 bridgehead atoms. The Kier molecular flexibility index (Phi) is 8.54. The van der Waals surface area contributed by atoms with Gasteiger partial charge in [0.2, 0.25) is 11.8 Å². The monoisotopic (exact) mass is 370 g/mol. The highest BCUT2D eigenvalue weighted by atomic mass is 19.3. The van der Waals surface area contributed by atoms with Crippen LogP contribution in [0.15, 0.2) is 24.3 Å². The molecule has 0 saturated heterocycles. The second-order valence-electron chi connectivity index (χ2n) is 5.77. The second kappa shape index (κ2) is 10.4. The van der Waals surface area contributed by atoms with E-state index < -0.39 is 6.61 Å². The van der Waals surface area contributed by atoms with Crippen LogP contribution in [0, 0.1) is 0 Å². The average molecular weight is 370 g/mol. The molecular weight excluding hydrogens is 346 g/mol. The van der Waals surface area contributed by atoms with E-state index in [0.717, 1.165) is 0 Å². The molecule has 0 unspecified atom stereocenters. The van der Waals surface area contributed by atoms with Crippen molar-refractivity contribution in [3.8, 4) is 11.5 Å². The minimum Gasteiger partial charge on any atom is -0.490 e. The summed E-state index contributed by atoms with van der Waals surface area (Å²) in [7, 11) is 1.51. The zero-order valence-corrected chi connectivity index (χ0v) is 15.3. The molecule has 0 aliphatic heterocycles. The SMILES string of the molecule is CCOc1cc(/C=C/C(=O)N(C)CC(=O)NC(C)C)ccc1OC(F)F. The molecule has 0 radical (unpaired) electrons. The minimum atomic E-state index is -2.96. The molecule has 1 aromatic carbocycles. The number of carbonyl (C=O) groups is 2. The highest BCUT2D eigenvalue weighted by Crippen LogP contribution is 2.30. The van der Waals surface area contributed by atoms with Gasteiger partial charge < -0.3 is 19.7 Å². The topological polar surface area (TPSA) is 67.9 Å². The van der Waals surface area contributed by atoms with Crippen molar-refractivity contribution in [2.45, 2.75) is 33.4 Å². The van der Waals surface area contributed by atoms with Crippen LogP contribution in [0.25, 0.3) is 6.08 Å². The number of hydrogen-bond donors (Lipinski definition) is 1. The van der Waals surface area contributed by atoms with Gasteiger partial charge in [0.1, 0.15) is 0 Å². The van der Waals surface area contributed by atoms with Crippen LogP contribution < -0.4 is 14.8 Å². The van der Waals surface area contributed by atoms with Gasteiger partial charge in [-0.05, 0) is 44.5 Å². The molecular formula is C18H24F2N2O4. The molecule has 0 atom stereocenters. The third-order valence-corrected chi connectivity index (χ3v) is 3.11. The zero-order valence-electron chi connectivity index (χ0n) is 15.3. The maximum absolute atomic E-state index is 12.4. The van der Waals surface area contributed by atoms with Gasteiger partial charge in [0.05, 0.1) is 13.2 Å². The lowest BCUT2D eigenvalue weighted by atomic mass is 10.2. The summed E-state index contributed by atoms with van der Waals surface area (Å²) >= 11 is 0. The first-order chi connectivity index (χ1) is 12.2. The van der Waals surface area contributed by atoms with Crippen molar-refractivity contribution in [2.75, 3.05) is 20.2 Å². The van der Waals surface area contributed by atoms with Gasteiger partial charge in [-0.1, -0.05) is 6.07 Å². The Balaban J connectivity index is 2.78. The predicted molar refractivity (Wildman–Crippen MR) is 94.2 cm³/mol. The van der Waals surface area contributed by atoms with E-state index in [-0.39, 0.29) is 42.5 Å². The highest BCUT2D eigenvalue weighted by Gasteiger charge is 2.13. The first-order valence-electron chi connectivity index (χ1n) is 8.17.